The van der Waals surface area contributed by atoms with Crippen molar-refractivity contribution in [2.75, 3.05) is 12.8 Å². The topological polar surface area (TPSA) is 104 Å². The minimum Gasteiger partial charge on any atom is -0.494 e. The molecule has 0 unspecified atom stereocenters. The molecule has 7 nitrogen and oxygen atoms in total. The molecule has 3 aromatic rings. The predicted octanol–water partition coefficient (Wildman–Crippen LogP) is 2.99. The molecule has 0 aliphatic rings. The average molecular weight is 285 g/mol. The van der Waals surface area contributed by atoms with E-state index < -0.39 is 4.92 Å². The van der Waals surface area contributed by atoms with Gasteiger partial charge >= 0.3 is 0 Å². The van der Waals surface area contributed by atoms with Gasteiger partial charge in [0.05, 0.1) is 17.6 Å². The first-order chi connectivity index (χ1) is 10.1. The Labute approximate surface area is 119 Å². The van der Waals surface area contributed by atoms with E-state index in [1.807, 2.05) is 0 Å². The molecule has 0 atom stereocenters. The van der Waals surface area contributed by atoms with Crippen LogP contribution in [-0.2, 0) is 0 Å². The van der Waals surface area contributed by atoms with E-state index in [1.54, 1.807) is 18.2 Å². The van der Waals surface area contributed by atoms with Crippen LogP contribution in [0.5, 0.6) is 5.75 Å². The molecule has 0 saturated carbocycles. The van der Waals surface area contributed by atoms with Gasteiger partial charge in [0.2, 0.25) is 5.89 Å². The maximum Gasteiger partial charge on any atom is 0.270 e. The van der Waals surface area contributed by atoms with Crippen molar-refractivity contribution in [3.05, 3.63) is 46.5 Å². The lowest BCUT2D eigenvalue weighted by Crippen LogP contribution is -1.93. The van der Waals surface area contributed by atoms with Gasteiger partial charge in [0.1, 0.15) is 5.75 Å². The second-order valence-electron chi connectivity index (χ2n) is 4.35. The van der Waals surface area contributed by atoms with E-state index in [9.17, 15) is 10.1 Å². The predicted molar refractivity (Wildman–Crippen MR) is 77.1 cm³/mol. The van der Waals surface area contributed by atoms with E-state index in [1.165, 1.54) is 25.3 Å². The molecule has 2 aromatic carbocycles. The fraction of sp³-hybridized carbons (Fsp3) is 0.0714. The summed E-state index contributed by atoms with van der Waals surface area (Å²) in [6.07, 6.45) is 0. The Morgan fingerprint density at radius 2 is 2.14 bits per heavy atom. The number of nitrogens with zero attached hydrogens (tertiary/aromatic N) is 2. The monoisotopic (exact) mass is 285 g/mol. The van der Waals surface area contributed by atoms with Crippen LogP contribution in [0.25, 0.3) is 22.6 Å². The Morgan fingerprint density at radius 1 is 1.33 bits per heavy atom. The molecule has 0 amide bonds. The van der Waals surface area contributed by atoms with Crippen LogP contribution in [0.3, 0.4) is 0 Å². The molecule has 106 valence electrons. The lowest BCUT2D eigenvalue weighted by atomic mass is 10.1. The quantitative estimate of drug-likeness (QED) is 0.450. The third kappa shape index (κ3) is 2.14. The number of nitro groups is 1. The summed E-state index contributed by atoms with van der Waals surface area (Å²) in [4.78, 5) is 14.7. The van der Waals surface area contributed by atoms with Gasteiger partial charge in [-0.3, -0.25) is 10.1 Å². The molecule has 0 saturated heterocycles. The van der Waals surface area contributed by atoms with Crippen molar-refractivity contribution in [1.82, 2.24) is 4.98 Å². The number of rotatable bonds is 3. The number of anilines is 1. The first-order valence-electron chi connectivity index (χ1n) is 6.08. The van der Waals surface area contributed by atoms with Crippen molar-refractivity contribution >= 4 is 22.5 Å². The minimum absolute atomic E-state index is 0.0755. The summed E-state index contributed by atoms with van der Waals surface area (Å²) in [5.74, 6) is 0.780. The molecule has 21 heavy (non-hydrogen) atoms. The van der Waals surface area contributed by atoms with E-state index in [-0.39, 0.29) is 11.6 Å². The normalized spacial score (nSPS) is 10.7. The van der Waals surface area contributed by atoms with E-state index >= 15 is 0 Å². The number of hydrogen-bond acceptors (Lipinski definition) is 6. The standard InChI is InChI=1S/C14H11N3O4/c1-20-11-3-2-4-12-13(11)16-14(21-12)9-7-8(17(18)19)5-6-10(9)15/h2-7H,15H2,1H3. The largest absolute Gasteiger partial charge is 0.494 e. The maximum atomic E-state index is 10.9. The lowest BCUT2D eigenvalue weighted by Gasteiger charge is -2.00. The molecule has 1 heterocycles. The highest BCUT2D eigenvalue weighted by atomic mass is 16.6. The van der Waals surface area contributed by atoms with Gasteiger partial charge in [-0.1, -0.05) is 6.07 Å². The van der Waals surface area contributed by atoms with Crippen molar-refractivity contribution in [2.24, 2.45) is 0 Å². The number of hydrogen-bond donors (Lipinski definition) is 1. The van der Waals surface area contributed by atoms with Crippen LogP contribution in [-0.4, -0.2) is 17.0 Å². The SMILES string of the molecule is COc1cccc2oc(-c3cc([N+](=O)[O-])ccc3N)nc12. The van der Waals surface area contributed by atoms with Crippen LogP contribution in [0.4, 0.5) is 11.4 Å². The zero-order valence-corrected chi connectivity index (χ0v) is 11.1. The molecule has 0 bridgehead atoms. The van der Waals surface area contributed by atoms with Crippen LogP contribution < -0.4 is 10.5 Å². The summed E-state index contributed by atoms with van der Waals surface area (Å²) >= 11 is 0. The highest BCUT2D eigenvalue weighted by Gasteiger charge is 2.17. The van der Waals surface area contributed by atoms with Crippen molar-refractivity contribution in [3.8, 4) is 17.2 Å². The van der Waals surface area contributed by atoms with E-state index in [2.05, 4.69) is 4.98 Å². The highest BCUT2D eigenvalue weighted by molar-refractivity contribution is 5.84. The first-order valence-corrected chi connectivity index (χ1v) is 6.08. The third-order valence-electron chi connectivity index (χ3n) is 3.08. The molecular weight excluding hydrogens is 274 g/mol. The fourth-order valence-corrected chi connectivity index (χ4v) is 2.05. The van der Waals surface area contributed by atoms with Crippen LogP contribution in [0, 0.1) is 10.1 Å². The summed E-state index contributed by atoms with van der Waals surface area (Å²) in [5, 5.41) is 10.9. The van der Waals surface area contributed by atoms with Crippen molar-refractivity contribution in [2.45, 2.75) is 0 Å². The molecule has 7 heteroatoms. The van der Waals surface area contributed by atoms with E-state index in [0.29, 0.717) is 28.1 Å². The molecule has 3 rings (SSSR count). The lowest BCUT2D eigenvalue weighted by molar-refractivity contribution is -0.384. The molecule has 0 spiro atoms. The second-order valence-corrected chi connectivity index (χ2v) is 4.35. The number of methoxy groups -OCH3 is 1. The molecule has 0 radical (unpaired) electrons. The number of nitrogen functional groups attached to an aromatic ring is 1. The zero-order valence-electron chi connectivity index (χ0n) is 11.1. The number of oxazole rings is 1. The van der Waals surface area contributed by atoms with E-state index in [4.69, 9.17) is 14.9 Å². The molecule has 0 aliphatic carbocycles. The summed E-state index contributed by atoms with van der Waals surface area (Å²) in [6.45, 7) is 0. The van der Waals surface area contributed by atoms with Gasteiger partial charge in [-0.05, 0) is 18.2 Å². The van der Waals surface area contributed by atoms with Crippen LogP contribution in [0.2, 0.25) is 0 Å². The van der Waals surface area contributed by atoms with Gasteiger partial charge in [0, 0.05) is 17.8 Å². The first kappa shape index (κ1) is 12.9. The van der Waals surface area contributed by atoms with Gasteiger partial charge in [-0.2, -0.15) is 0 Å². The summed E-state index contributed by atoms with van der Waals surface area (Å²) < 4.78 is 10.8. The Balaban J connectivity index is 2.21. The van der Waals surface area contributed by atoms with E-state index in [0.717, 1.165) is 0 Å². The fourth-order valence-electron chi connectivity index (χ4n) is 2.05. The second kappa shape index (κ2) is 4.78. The summed E-state index contributed by atoms with van der Waals surface area (Å²) in [7, 11) is 1.53. The van der Waals surface area contributed by atoms with Crippen molar-refractivity contribution in [3.63, 3.8) is 0 Å². The molecule has 0 fully saturated rings. The minimum atomic E-state index is -0.494. The van der Waals surface area contributed by atoms with Crippen LogP contribution >= 0.6 is 0 Å². The number of non-ortho nitro benzene ring substituents is 1. The van der Waals surface area contributed by atoms with Gasteiger partial charge < -0.3 is 14.9 Å². The molecule has 0 aliphatic heterocycles. The summed E-state index contributed by atoms with van der Waals surface area (Å²) in [5.41, 5.74) is 7.58. The molecule has 1 aromatic heterocycles. The molecular formula is C14H11N3O4. The Bertz CT molecular complexity index is 841. The number of nitro benzene ring substituents is 1. The number of para-hydroxylation sites is 1. The number of aromatic nitrogens is 1. The zero-order chi connectivity index (χ0) is 15.0. The highest BCUT2D eigenvalue weighted by Crippen LogP contribution is 2.34. The Kier molecular flexibility index (Phi) is 2.94. The third-order valence-corrected chi connectivity index (χ3v) is 3.08. The van der Waals surface area contributed by atoms with Crippen LogP contribution in [0.1, 0.15) is 0 Å². The van der Waals surface area contributed by atoms with Crippen LogP contribution in [0.15, 0.2) is 40.8 Å². The van der Waals surface area contributed by atoms with Gasteiger partial charge in [-0.25, -0.2) is 4.98 Å². The Hall–Kier alpha value is -3.09. The Morgan fingerprint density at radius 3 is 2.86 bits per heavy atom. The number of benzene rings is 2. The number of ether oxygens (including phenoxy) is 1. The maximum absolute atomic E-state index is 10.9. The average Bonchev–Trinajstić information content (AvgIpc) is 2.90. The number of nitrogens with two attached hydrogens (primary N) is 1. The van der Waals surface area contributed by atoms with Gasteiger partial charge in [0.25, 0.3) is 5.69 Å². The summed E-state index contributed by atoms with van der Waals surface area (Å²) in [6, 6.07) is 9.40. The van der Waals surface area contributed by atoms with Crippen molar-refractivity contribution in [1.29, 1.82) is 0 Å². The molecule has 2 N–H and O–H groups in total. The van der Waals surface area contributed by atoms with Crippen molar-refractivity contribution < 1.29 is 14.1 Å². The van der Waals surface area contributed by atoms with Gasteiger partial charge in [0.15, 0.2) is 11.1 Å². The number of fused-ring (bicyclic) bond motifs is 1. The van der Waals surface area contributed by atoms with Gasteiger partial charge in [-0.15, -0.1) is 0 Å². The smallest absolute Gasteiger partial charge is 0.270 e.